The molecule has 1 N–H and O–H groups in total. The van der Waals surface area contributed by atoms with Crippen molar-refractivity contribution in [3.8, 4) is 5.75 Å². The number of ether oxygens (including phenoxy) is 1. The summed E-state index contributed by atoms with van der Waals surface area (Å²) in [5.74, 6) is -0.791. The predicted molar refractivity (Wildman–Crippen MR) is 104 cm³/mol. The van der Waals surface area contributed by atoms with Gasteiger partial charge in [0, 0.05) is 19.1 Å². The number of benzene rings is 1. The molecule has 0 radical (unpaired) electrons. The number of nitrogens with one attached hydrogen (secondary N) is 1. The summed E-state index contributed by atoms with van der Waals surface area (Å²) in [6, 6.07) is 7.51. The van der Waals surface area contributed by atoms with Crippen molar-refractivity contribution in [2.45, 2.75) is 32.0 Å². The van der Waals surface area contributed by atoms with E-state index in [0.717, 1.165) is 12.5 Å². The van der Waals surface area contributed by atoms with Gasteiger partial charge in [-0.05, 0) is 43.0 Å². The number of anilines is 1. The Morgan fingerprint density at radius 3 is 2.67 bits per heavy atom. The zero-order chi connectivity index (χ0) is 21.9. The molecule has 1 aromatic carbocycles. The number of methoxy groups -OCH3 is 1. The highest BCUT2D eigenvalue weighted by atomic mass is 19.4. The van der Waals surface area contributed by atoms with Crippen LogP contribution in [0.5, 0.6) is 5.75 Å². The molecule has 3 rings (SSSR count). The van der Waals surface area contributed by atoms with Crippen LogP contribution in [0.1, 0.15) is 35.8 Å². The highest BCUT2D eigenvalue weighted by Crippen LogP contribution is 2.30. The SMILES string of the molecule is COc1c(F)cccc1C(=O)N1C[C@@H](C)CC[C@H]1CNc1cccc(C(F)(F)F)n1. The molecule has 9 heteroatoms. The molecule has 2 heterocycles. The van der Waals surface area contributed by atoms with Crippen LogP contribution in [-0.2, 0) is 6.18 Å². The lowest BCUT2D eigenvalue weighted by Gasteiger charge is -2.39. The van der Waals surface area contributed by atoms with Crippen LogP contribution in [0.15, 0.2) is 36.4 Å². The van der Waals surface area contributed by atoms with E-state index in [1.54, 1.807) is 4.90 Å². The van der Waals surface area contributed by atoms with Crippen molar-refractivity contribution in [1.82, 2.24) is 9.88 Å². The fraction of sp³-hybridized carbons (Fsp3) is 0.429. The van der Waals surface area contributed by atoms with Crippen LogP contribution >= 0.6 is 0 Å². The summed E-state index contributed by atoms with van der Waals surface area (Å²) in [5.41, 5.74) is -0.865. The van der Waals surface area contributed by atoms with Crippen LogP contribution in [-0.4, -0.2) is 42.0 Å². The van der Waals surface area contributed by atoms with Crippen molar-refractivity contribution < 1.29 is 27.1 Å². The number of aromatic nitrogens is 1. The lowest BCUT2D eigenvalue weighted by atomic mass is 9.93. The van der Waals surface area contributed by atoms with Gasteiger partial charge in [-0.1, -0.05) is 19.1 Å². The summed E-state index contributed by atoms with van der Waals surface area (Å²) < 4.78 is 57.8. The largest absolute Gasteiger partial charge is 0.493 e. The van der Waals surface area contributed by atoms with Crippen molar-refractivity contribution in [2.24, 2.45) is 5.92 Å². The van der Waals surface area contributed by atoms with Gasteiger partial charge in [0.15, 0.2) is 11.6 Å². The molecule has 1 aromatic heterocycles. The topological polar surface area (TPSA) is 54.5 Å². The molecule has 1 fully saturated rings. The monoisotopic (exact) mass is 425 g/mol. The standard InChI is InChI=1S/C21H23F4N3O2/c1-13-9-10-14(11-26-18-8-4-7-17(27-18)21(23,24)25)28(12-13)20(29)15-5-3-6-16(22)19(15)30-2/h3-8,13-14H,9-12H2,1-2H3,(H,26,27)/t13-,14-/m0/s1. The quantitative estimate of drug-likeness (QED) is 0.712. The van der Waals surface area contributed by atoms with E-state index in [1.165, 1.54) is 37.4 Å². The van der Waals surface area contributed by atoms with Crippen LogP contribution in [0.2, 0.25) is 0 Å². The van der Waals surface area contributed by atoms with Gasteiger partial charge in [-0.15, -0.1) is 0 Å². The van der Waals surface area contributed by atoms with Gasteiger partial charge >= 0.3 is 6.18 Å². The molecule has 0 bridgehead atoms. The van der Waals surface area contributed by atoms with Crippen molar-refractivity contribution in [1.29, 1.82) is 0 Å². The van der Waals surface area contributed by atoms with Gasteiger partial charge in [-0.25, -0.2) is 9.37 Å². The van der Waals surface area contributed by atoms with Gasteiger partial charge in [-0.2, -0.15) is 13.2 Å². The second-order valence-electron chi connectivity index (χ2n) is 7.40. The fourth-order valence-corrected chi connectivity index (χ4v) is 3.62. The number of hydrogen-bond acceptors (Lipinski definition) is 4. The average molecular weight is 425 g/mol. The zero-order valence-electron chi connectivity index (χ0n) is 16.7. The molecular formula is C21H23F4N3O2. The van der Waals surface area contributed by atoms with Gasteiger partial charge in [0.1, 0.15) is 11.5 Å². The van der Waals surface area contributed by atoms with Crippen LogP contribution < -0.4 is 10.1 Å². The number of rotatable bonds is 5. The van der Waals surface area contributed by atoms with E-state index in [2.05, 4.69) is 10.3 Å². The lowest BCUT2D eigenvalue weighted by molar-refractivity contribution is -0.141. The van der Waals surface area contributed by atoms with Crippen molar-refractivity contribution in [2.75, 3.05) is 25.5 Å². The molecule has 162 valence electrons. The molecule has 2 aromatic rings. The van der Waals surface area contributed by atoms with E-state index in [-0.39, 0.29) is 41.5 Å². The number of amides is 1. The molecular weight excluding hydrogens is 402 g/mol. The van der Waals surface area contributed by atoms with E-state index < -0.39 is 17.7 Å². The first-order valence-electron chi connectivity index (χ1n) is 9.62. The van der Waals surface area contributed by atoms with Crippen LogP contribution in [0, 0.1) is 11.7 Å². The number of pyridine rings is 1. The number of alkyl halides is 3. The van der Waals surface area contributed by atoms with Crippen molar-refractivity contribution in [3.63, 3.8) is 0 Å². The number of nitrogens with zero attached hydrogens (tertiary/aromatic N) is 2. The number of hydrogen-bond donors (Lipinski definition) is 1. The molecule has 0 spiro atoms. The average Bonchev–Trinajstić information content (AvgIpc) is 2.71. The zero-order valence-corrected chi connectivity index (χ0v) is 16.7. The normalized spacial score (nSPS) is 19.5. The summed E-state index contributed by atoms with van der Waals surface area (Å²) in [4.78, 5) is 18.4. The number of piperidine rings is 1. The van der Waals surface area contributed by atoms with Crippen LogP contribution in [0.3, 0.4) is 0 Å². The maximum Gasteiger partial charge on any atom is 0.433 e. The highest BCUT2D eigenvalue weighted by Gasteiger charge is 2.34. The molecule has 0 unspecified atom stereocenters. The second-order valence-corrected chi connectivity index (χ2v) is 7.40. The molecule has 2 atom stereocenters. The van der Waals surface area contributed by atoms with Crippen LogP contribution in [0.4, 0.5) is 23.4 Å². The third-order valence-corrected chi connectivity index (χ3v) is 5.16. The smallest absolute Gasteiger partial charge is 0.433 e. The molecule has 5 nitrogen and oxygen atoms in total. The molecule has 1 saturated heterocycles. The van der Waals surface area contributed by atoms with E-state index in [1.807, 2.05) is 6.92 Å². The molecule has 1 amide bonds. The molecule has 0 aliphatic carbocycles. The van der Waals surface area contributed by atoms with E-state index in [4.69, 9.17) is 4.74 Å². The Labute approximate surface area is 172 Å². The first-order chi connectivity index (χ1) is 14.2. The molecule has 1 aliphatic heterocycles. The van der Waals surface area contributed by atoms with E-state index in [0.29, 0.717) is 13.0 Å². The second kappa shape index (κ2) is 8.89. The van der Waals surface area contributed by atoms with Gasteiger partial charge in [0.25, 0.3) is 5.91 Å². The summed E-state index contributed by atoms with van der Waals surface area (Å²) in [6.07, 6.45) is -3.00. The first-order valence-corrected chi connectivity index (χ1v) is 9.62. The minimum absolute atomic E-state index is 0.0826. The van der Waals surface area contributed by atoms with Gasteiger partial charge < -0.3 is 15.0 Å². The Morgan fingerprint density at radius 2 is 1.97 bits per heavy atom. The van der Waals surface area contributed by atoms with E-state index in [9.17, 15) is 22.4 Å². The Balaban J connectivity index is 1.79. The number of carbonyl (C=O) groups excluding carboxylic acids is 1. The Kier molecular flexibility index (Phi) is 6.48. The third kappa shape index (κ3) is 4.83. The number of halogens is 4. The van der Waals surface area contributed by atoms with Crippen LogP contribution in [0.25, 0.3) is 0 Å². The molecule has 0 saturated carbocycles. The summed E-state index contributed by atoms with van der Waals surface area (Å²) >= 11 is 0. The highest BCUT2D eigenvalue weighted by molar-refractivity contribution is 5.97. The minimum Gasteiger partial charge on any atom is -0.493 e. The van der Waals surface area contributed by atoms with Gasteiger partial charge in [0.05, 0.1) is 12.7 Å². The first kappa shape index (κ1) is 21.9. The summed E-state index contributed by atoms with van der Waals surface area (Å²) in [5, 5.41) is 2.91. The van der Waals surface area contributed by atoms with Crippen molar-refractivity contribution >= 4 is 11.7 Å². The number of likely N-dealkylation sites (tertiary alicyclic amines) is 1. The maximum atomic E-state index is 14.0. The summed E-state index contributed by atoms with van der Waals surface area (Å²) in [7, 11) is 1.30. The summed E-state index contributed by atoms with van der Waals surface area (Å²) in [6.45, 7) is 2.70. The van der Waals surface area contributed by atoms with E-state index >= 15 is 0 Å². The molecule has 30 heavy (non-hydrogen) atoms. The minimum atomic E-state index is -4.53. The third-order valence-electron chi connectivity index (χ3n) is 5.16. The van der Waals surface area contributed by atoms with Gasteiger partial charge in [-0.3, -0.25) is 4.79 Å². The predicted octanol–water partition coefficient (Wildman–Crippen LogP) is 4.60. The van der Waals surface area contributed by atoms with Gasteiger partial charge in [0.2, 0.25) is 0 Å². The maximum absolute atomic E-state index is 14.0. The van der Waals surface area contributed by atoms with Crippen molar-refractivity contribution in [3.05, 3.63) is 53.5 Å². The Hall–Kier alpha value is -2.84. The molecule has 1 aliphatic rings. The lowest BCUT2D eigenvalue weighted by Crippen LogP contribution is -2.49. The number of carbonyl (C=O) groups is 1. The Bertz CT molecular complexity index is 904. The number of para-hydroxylation sites is 1. The fourth-order valence-electron chi connectivity index (χ4n) is 3.62. The Morgan fingerprint density at radius 1 is 1.23 bits per heavy atom.